The normalized spacial score (nSPS) is 20.6. The summed E-state index contributed by atoms with van der Waals surface area (Å²) in [7, 11) is 0. The number of hydrogen-bond acceptors (Lipinski definition) is 3. The number of rotatable bonds is 2. The van der Waals surface area contributed by atoms with E-state index >= 15 is 0 Å². The molecular formula is C17H16O3. The van der Waals surface area contributed by atoms with Crippen molar-refractivity contribution >= 4 is 5.97 Å². The van der Waals surface area contributed by atoms with Crippen molar-refractivity contribution in [2.24, 2.45) is 0 Å². The van der Waals surface area contributed by atoms with Gasteiger partial charge in [-0.15, -0.1) is 0 Å². The third-order valence-corrected chi connectivity index (χ3v) is 3.53. The van der Waals surface area contributed by atoms with Gasteiger partial charge in [0.05, 0.1) is 12.5 Å². The average molecular weight is 268 g/mol. The lowest BCUT2D eigenvalue weighted by atomic mass is 9.87. The quantitative estimate of drug-likeness (QED) is 0.782. The first-order valence-corrected chi connectivity index (χ1v) is 6.69. The third kappa shape index (κ3) is 2.39. The molecular weight excluding hydrogens is 252 g/mol. The number of ether oxygens (including phenoxy) is 2. The van der Waals surface area contributed by atoms with Gasteiger partial charge in [-0.05, 0) is 11.6 Å². The van der Waals surface area contributed by atoms with Gasteiger partial charge in [0, 0.05) is 12.5 Å². The maximum Gasteiger partial charge on any atom is 0.303 e. The van der Waals surface area contributed by atoms with Crippen LogP contribution in [-0.4, -0.2) is 12.6 Å². The van der Waals surface area contributed by atoms with Gasteiger partial charge in [-0.2, -0.15) is 0 Å². The van der Waals surface area contributed by atoms with Crippen LogP contribution in [0.4, 0.5) is 0 Å². The van der Waals surface area contributed by atoms with Crippen molar-refractivity contribution in [3.8, 4) is 5.75 Å². The second-order valence-electron chi connectivity index (χ2n) is 4.90. The van der Waals surface area contributed by atoms with Crippen molar-refractivity contribution in [2.45, 2.75) is 18.9 Å². The molecule has 3 rings (SSSR count). The minimum absolute atomic E-state index is 0.0231. The fourth-order valence-electron chi connectivity index (χ4n) is 2.63. The van der Waals surface area contributed by atoms with Gasteiger partial charge in [0.2, 0.25) is 0 Å². The lowest BCUT2D eigenvalue weighted by Crippen LogP contribution is -2.27. The molecule has 0 spiro atoms. The first kappa shape index (κ1) is 12.7. The van der Waals surface area contributed by atoms with Crippen LogP contribution in [0.25, 0.3) is 0 Å². The molecule has 2 atom stereocenters. The Bertz CT molecular complexity index is 607. The highest BCUT2D eigenvalue weighted by atomic mass is 16.6. The van der Waals surface area contributed by atoms with Gasteiger partial charge in [0.15, 0.2) is 0 Å². The second kappa shape index (κ2) is 5.37. The molecule has 1 heterocycles. The topological polar surface area (TPSA) is 35.5 Å². The molecule has 2 aromatic carbocycles. The summed E-state index contributed by atoms with van der Waals surface area (Å²) in [4.78, 5) is 11.4. The zero-order valence-corrected chi connectivity index (χ0v) is 11.3. The summed E-state index contributed by atoms with van der Waals surface area (Å²) in [6.07, 6.45) is -0.292. The van der Waals surface area contributed by atoms with E-state index in [0.717, 1.165) is 16.9 Å². The van der Waals surface area contributed by atoms with Gasteiger partial charge in [0.1, 0.15) is 11.9 Å². The predicted molar refractivity (Wildman–Crippen MR) is 75.6 cm³/mol. The van der Waals surface area contributed by atoms with Gasteiger partial charge in [-0.1, -0.05) is 48.5 Å². The number of fused-ring (bicyclic) bond motifs is 1. The van der Waals surface area contributed by atoms with Crippen LogP contribution in [0.5, 0.6) is 5.75 Å². The summed E-state index contributed by atoms with van der Waals surface area (Å²) in [5.74, 6) is 0.550. The zero-order chi connectivity index (χ0) is 13.9. The molecule has 0 bridgehead atoms. The number of carbonyl (C=O) groups is 1. The first-order chi connectivity index (χ1) is 9.75. The molecule has 0 fully saturated rings. The highest BCUT2D eigenvalue weighted by Gasteiger charge is 2.34. The summed E-state index contributed by atoms with van der Waals surface area (Å²) < 4.78 is 11.4. The Morgan fingerprint density at radius 3 is 2.55 bits per heavy atom. The molecule has 1 aliphatic heterocycles. The number of carbonyl (C=O) groups excluding carboxylic acids is 1. The molecule has 0 aliphatic carbocycles. The van der Waals surface area contributed by atoms with Crippen molar-refractivity contribution in [1.29, 1.82) is 0 Å². The number of para-hydroxylation sites is 1. The molecule has 0 unspecified atom stereocenters. The molecule has 0 N–H and O–H groups in total. The number of hydrogen-bond donors (Lipinski definition) is 0. The summed E-state index contributed by atoms with van der Waals surface area (Å²) in [5, 5.41) is 0. The van der Waals surface area contributed by atoms with Crippen LogP contribution in [0.1, 0.15) is 30.1 Å². The average Bonchev–Trinajstić information content (AvgIpc) is 2.48. The summed E-state index contributed by atoms with van der Waals surface area (Å²) >= 11 is 0. The van der Waals surface area contributed by atoms with Crippen LogP contribution in [0.2, 0.25) is 0 Å². The molecule has 102 valence electrons. The SMILES string of the molecule is CC(=O)O[C@@H]1c2ccccc2OC[C@@H]1c1ccccc1. The fourth-order valence-corrected chi connectivity index (χ4v) is 2.63. The molecule has 3 heteroatoms. The summed E-state index contributed by atoms with van der Waals surface area (Å²) in [6, 6.07) is 17.8. The highest BCUT2D eigenvalue weighted by Crippen LogP contribution is 2.42. The smallest absolute Gasteiger partial charge is 0.303 e. The minimum Gasteiger partial charge on any atom is -0.492 e. The number of esters is 1. The van der Waals surface area contributed by atoms with Crippen molar-refractivity contribution in [3.05, 3.63) is 65.7 Å². The van der Waals surface area contributed by atoms with Crippen LogP contribution < -0.4 is 4.74 Å². The van der Waals surface area contributed by atoms with Gasteiger partial charge in [-0.25, -0.2) is 0 Å². The first-order valence-electron chi connectivity index (χ1n) is 6.69. The van der Waals surface area contributed by atoms with Gasteiger partial charge >= 0.3 is 5.97 Å². The van der Waals surface area contributed by atoms with Crippen molar-refractivity contribution in [2.75, 3.05) is 6.61 Å². The standard InChI is InChI=1S/C17H16O3/c1-12(18)20-17-14-9-5-6-10-16(14)19-11-15(17)13-7-3-2-4-8-13/h2-10,15,17H,11H2,1H3/t15-,17-/m1/s1. The van der Waals surface area contributed by atoms with E-state index < -0.39 is 0 Å². The Balaban J connectivity index is 2.01. The molecule has 0 saturated carbocycles. The van der Waals surface area contributed by atoms with Crippen LogP contribution in [0, 0.1) is 0 Å². The largest absolute Gasteiger partial charge is 0.492 e. The van der Waals surface area contributed by atoms with Crippen LogP contribution in [-0.2, 0) is 9.53 Å². The monoisotopic (exact) mass is 268 g/mol. The summed E-state index contributed by atoms with van der Waals surface area (Å²) in [5.41, 5.74) is 2.05. The zero-order valence-electron chi connectivity index (χ0n) is 11.3. The molecule has 3 nitrogen and oxygen atoms in total. The van der Waals surface area contributed by atoms with E-state index in [1.165, 1.54) is 6.92 Å². The molecule has 20 heavy (non-hydrogen) atoms. The Labute approximate surface area is 118 Å². The summed E-state index contributed by atoms with van der Waals surface area (Å²) in [6.45, 7) is 1.96. The van der Waals surface area contributed by atoms with Gasteiger partial charge in [-0.3, -0.25) is 4.79 Å². The van der Waals surface area contributed by atoms with E-state index in [4.69, 9.17) is 9.47 Å². The van der Waals surface area contributed by atoms with Crippen LogP contribution >= 0.6 is 0 Å². The fraction of sp³-hybridized carbons (Fsp3) is 0.235. The minimum atomic E-state index is -0.292. The predicted octanol–water partition coefficient (Wildman–Crippen LogP) is 3.47. The number of benzene rings is 2. The molecule has 2 aromatic rings. The van der Waals surface area contributed by atoms with Gasteiger partial charge in [0.25, 0.3) is 0 Å². The Morgan fingerprint density at radius 1 is 1.10 bits per heavy atom. The Kier molecular flexibility index (Phi) is 3.42. The molecule has 0 saturated heterocycles. The molecule has 0 aromatic heterocycles. The maximum absolute atomic E-state index is 11.4. The lowest BCUT2D eigenvalue weighted by molar-refractivity contribution is -0.149. The second-order valence-corrected chi connectivity index (χ2v) is 4.90. The Hall–Kier alpha value is -2.29. The molecule has 0 amide bonds. The van der Waals surface area contributed by atoms with E-state index in [0.29, 0.717) is 6.61 Å². The third-order valence-electron chi connectivity index (χ3n) is 3.53. The van der Waals surface area contributed by atoms with E-state index in [1.54, 1.807) is 0 Å². The molecule has 1 aliphatic rings. The van der Waals surface area contributed by atoms with E-state index in [1.807, 2.05) is 54.6 Å². The lowest BCUT2D eigenvalue weighted by Gasteiger charge is -2.33. The van der Waals surface area contributed by atoms with E-state index in [-0.39, 0.29) is 18.0 Å². The van der Waals surface area contributed by atoms with Crippen LogP contribution in [0.3, 0.4) is 0 Å². The Morgan fingerprint density at radius 2 is 1.80 bits per heavy atom. The van der Waals surface area contributed by atoms with Crippen molar-refractivity contribution in [3.63, 3.8) is 0 Å². The van der Waals surface area contributed by atoms with Crippen molar-refractivity contribution in [1.82, 2.24) is 0 Å². The molecule has 0 radical (unpaired) electrons. The van der Waals surface area contributed by atoms with Crippen molar-refractivity contribution < 1.29 is 14.3 Å². The van der Waals surface area contributed by atoms with E-state index in [9.17, 15) is 4.79 Å². The highest BCUT2D eigenvalue weighted by molar-refractivity contribution is 5.66. The van der Waals surface area contributed by atoms with Gasteiger partial charge < -0.3 is 9.47 Å². The van der Waals surface area contributed by atoms with Crippen LogP contribution in [0.15, 0.2) is 54.6 Å². The maximum atomic E-state index is 11.4. The van der Waals surface area contributed by atoms with E-state index in [2.05, 4.69) is 0 Å².